The van der Waals surface area contributed by atoms with Gasteiger partial charge in [-0.2, -0.15) is 5.10 Å². The number of amides is 2. The number of hydrogen-bond acceptors (Lipinski definition) is 6. The van der Waals surface area contributed by atoms with E-state index in [9.17, 15) is 14.0 Å². The van der Waals surface area contributed by atoms with Crippen LogP contribution in [0.5, 0.6) is 0 Å². The molecule has 3 aromatic carbocycles. The maximum atomic E-state index is 13.8. The molecule has 5 rings (SSSR count). The second-order valence-corrected chi connectivity index (χ2v) is 9.76. The largest absolute Gasteiger partial charge is 0.342 e. The van der Waals surface area contributed by atoms with Crippen LogP contribution in [0.15, 0.2) is 84.1 Å². The van der Waals surface area contributed by atoms with E-state index in [-0.39, 0.29) is 17.1 Å². The number of hydrogen-bond donors (Lipinski definition) is 2. The number of carbonyl (C=O) groups is 2. The van der Waals surface area contributed by atoms with Crippen LogP contribution in [-0.4, -0.2) is 32.8 Å². The Morgan fingerprint density at radius 3 is 2.61 bits per heavy atom. The van der Waals surface area contributed by atoms with Crippen LogP contribution in [0.25, 0.3) is 10.9 Å². The zero-order valence-corrected chi connectivity index (χ0v) is 21.3. The normalized spacial score (nSPS) is 11.2. The van der Waals surface area contributed by atoms with Crippen molar-refractivity contribution in [2.24, 2.45) is 5.10 Å². The summed E-state index contributed by atoms with van der Waals surface area (Å²) < 4.78 is 15.9. The molecule has 0 aliphatic rings. The Labute approximate surface area is 225 Å². The first-order valence-corrected chi connectivity index (χ1v) is 12.7. The van der Waals surface area contributed by atoms with E-state index in [0.29, 0.717) is 16.6 Å². The number of rotatable bonds is 8. The first-order valence-electron chi connectivity index (χ1n) is 11.5. The predicted molar refractivity (Wildman–Crippen MR) is 146 cm³/mol. The van der Waals surface area contributed by atoms with Crippen molar-refractivity contribution in [1.82, 2.24) is 20.2 Å². The fraction of sp³-hybridized carbons (Fsp3) is 0.0741. The summed E-state index contributed by atoms with van der Waals surface area (Å²) in [5, 5.41) is 16.6. The number of anilines is 1. The molecule has 2 N–H and O–H groups in total. The standard InChI is InChI=1S/C27H20ClFN6O2S/c28-19-11-9-17(10-12-19)15-35-16-18(20-5-2-4-8-23(20)35)14-30-32-24(36)13-25-33-34-27(38-25)31-26(37)21-6-1-3-7-22(21)29/h1-12,14,16H,13,15H2,(H,32,36)(H,31,34,37). The molecule has 0 aliphatic carbocycles. The molecule has 8 nitrogen and oxygen atoms in total. The van der Waals surface area contributed by atoms with Gasteiger partial charge in [-0.15, -0.1) is 10.2 Å². The lowest BCUT2D eigenvalue weighted by Crippen LogP contribution is -2.19. The van der Waals surface area contributed by atoms with Crippen molar-refractivity contribution in [3.8, 4) is 0 Å². The van der Waals surface area contributed by atoms with Crippen LogP contribution in [0.3, 0.4) is 0 Å². The quantitative estimate of drug-likeness (QED) is 0.204. The first-order chi connectivity index (χ1) is 18.5. The third-order valence-corrected chi connectivity index (χ3v) is 6.69. The van der Waals surface area contributed by atoms with Crippen molar-refractivity contribution >= 4 is 57.0 Å². The molecule has 0 unspecified atom stereocenters. The number of aromatic nitrogens is 3. The van der Waals surface area contributed by atoms with Crippen molar-refractivity contribution in [3.63, 3.8) is 0 Å². The van der Waals surface area contributed by atoms with E-state index in [2.05, 4.69) is 30.6 Å². The molecule has 2 heterocycles. The lowest BCUT2D eigenvalue weighted by molar-refractivity contribution is -0.120. The molecule has 2 amide bonds. The van der Waals surface area contributed by atoms with E-state index >= 15 is 0 Å². The smallest absolute Gasteiger partial charge is 0.260 e. The molecule has 190 valence electrons. The SMILES string of the molecule is O=C(Cc1nnc(NC(=O)c2ccccc2F)s1)NN=Cc1cn(Cc2ccc(Cl)cc2)c2ccccc12. The van der Waals surface area contributed by atoms with Gasteiger partial charge in [-0.05, 0) is 35.9 Å². The van der Waals surface area contributed by atoms with Crippen LogP contribution in [0.4, 0.5) is 9.52 Å². The molecule has 5 aromatic rings. The summed E-state index contributed by atoms with van der Waals surface area (Å²) in [4.78, 5) is 24.6. The molecule has 38 heavy (non-hydrogen) atoms. The summed E-state index contributed by atoms with van der Waals surface area (Å²) in [6, 6.07) is 21.2. The maximum absolute atomic E-state index is 13.8. The molecule has 0 saturated heterocycles. The third kappa shape index (κ3) is 5.93. The van der Waals surface area contributed by atoms with Crippen LogP contribution in [0.1, 0.15) is 26.5 Å². The van der Waals surface area contributed by atoms with Crippen molar-refractivity contribution in [2.75, 3.05) is 5.32 Å². The Morgan fingerprint density at radius 1 is 1.03 bits per heavy atom. The zero-order chi connectivity index (χ0) is 26.5. The molecule has 0 radical (unpaired) electrons. The van der Waals surface area contributed by atoms with Gasteiger partial charge in [0.25, 0.3) is 5.91 Å². The lowest BCUT2D eigenvalue weighted by atomic mass is 10.2. The molecular weight excluding hydrogens is 527 g/mol. The Balaban J connectivity index is 1.21. The lowest BCUT2D eigenvalue weighted by Gasteiger charge is -2.05. The Kier molecular flexibility index (Phi) is 7.52. The number of fused-ring (bicyclic) bond motifs is 1. The van der Waals surface area contributed by atoms with Crippen molar-refractivity contribution in [2.45, 2.75) is 13.0 Å². The van der Waals surface area contributed by atoms with Gasteiger partial charge in [-0.3, -0.25) is 14.9 Å². The number of hydrazone groups is 1. The van der Waals surface area contributed by atoms with Crippen molar-refractivity contribution in [3.05, 3.63) is 112 Å². The highest BCUT2D eigenvalue weighted by Crippen LogP contribution is 2.22. The maximum Gasteiger partial charge on any atom is 0.260 e. The van der Waals surface area contributed by atoms with Crippen LogP contribution in [0, 0.1) is 5.82 Å². The minimum Gasteiger partial charge on any atom is -0.342 e. The predicted octanol–water partition coefficient (Wildman–Crippen LogP) is 5.28. The number of carbonyl (C=O) groups excluding carboxylic acids is 2. The third-order valence-electron chi connectivity index (χ3n) is 5.60. The summed E-state index contributed by atoms with van der Waals surface area (Å²) >= 11 is 7.03. The molecule has 0 bridgehead atoms. The molecule has 0 spiro atoms. The summed E-state index contributed by atoms with van der Waals surface area (Å²) in [5.74, 6) is -1.68. The zero-order valence-electron chi connectivity index (χ0n) is 19.8. The van der Waals surface area contributed by atoms with E-state index in [1.165, 1.54) is 18.2 Å². The summed E-state index contributed by atoms with van der Waals surface area (Å²) in [5.41, 5.74) is 5.39. The average Bonchev–Trinajstić information content (AvgIpc) is 3.49. The number of para-hydroxylation sites is 1. The first kappa shape index (κ1) is 25.2. The second-order valence-electron chi connectivity index (χ2n) is 8.26. The minimum absolute atomic E-state index is 0.0805. The van der Waals surface area contributed by atoms with Gasteiger partial charge >= 0.3 is 0 Å². The Bertz CT molecular complexity index is 1650. The summed E-state index contributed by atoms with van der Waals surface area (Å²) in [6.45, 7) is 0.657. The molecule has 0 aliphatic heterocycles. The molecule has 0 atom stereocenters. The van der Waals surface area contributed by atoms with E-state index in [4.69, 9.17) is 11.6 Å². The van der Waals surface area contributed by atoms with Gasteiger partial charge in [-0.25, -0.2) is 9.82 Å². The van der Waals surface area contributed by atoms with Gasteiger partial charge < -0.3 is 4.57 Å². The van der Waals surface area contributed by atoms with Crippen LogP contribution in [-0.2, 0) is 17.8 Å². The topological polar surface area (TPSA) is 101 Å². The second kappa shape index (κ2) is 11.3. The van der Waals surface area contributed by atoms with E-state index in [1.54, 1.807) is 12.3 Å². The molecule has 0 saturated carbocycles. The van der Waals surface area contributed by atoms with E-state index in [0.717, 1.165) is 33.4 Å². The van der Waals surface area contributed by atoms with Crippen LogP contribution < -0.4 is 10.7 Å². The van der Waals surface area contributed by atoms with Crippen molar-refractivity contribution < 1.29 is 14.0 Å². The number of nitrogens with one attached hydrogen (secondary N) is 2. The van der Waals surface area contributed by atoms with E-state index in [1.807, 2.05) is 54.7 Å². The summed E-state index contributed by atoms with van der Waals surface area (Å²) in [7, 11) is 0. The van der Waals surface area contributed by atoms with Crippen LogP contribution in [0.2, 0.25) is 5.02 Å². The molecule has 11 heteroatoms. The number of halogens is 2. The molecule has 0 fully saturated rings. The van der Waals surface area contributed by atoms with Gasteiger partial charge in [0.2, 0.25) is 11.0 Å². The highest BCUT2D eigenvalue weighted by Gasteiger charge is 2.15. The molecular formula is C27H20ClFN6O2S. The van der Waals surface area contributed by atoms with Crippen LogP contribution >= 0.6 is 22.9 Å². The van der Waals surface area contributed by atoms with Gasteiger partial charge in [-0.1, -0.05) is 65.4 Å². The highest BCUT2D eigenvalue weighted by molar-refractivity contribution is 7.15. The fourth-order valence-electron chi connectivity index (χ4n) is 3.83. The fourth-order valence-corrected chi connectivity index (χ4v) is 4.69. The van der Waals surface area contributed by atoms with Gasteiger partial charge in [0.05, 0.1) is 18.2 Å². The van der Waals surface area contributed by atoms with E-state index < -0.39 is 17.6 Å². The van der Waals surface area contributed by atoms with Gasteiger partial charge in [0.1, 0.15) is 10.8 Å². The monoisotopic (exact) mass is 546 g/mol. The Hall–Kier alpha value is -4.41. The highest BCUT2D eigenvalue weighted by atomic mass is 35.5. The number of nitrogens with zero attached hydrogens (tertiary/aromatic N) is 4. The van der Waals surface area contributed by atoms with Crippen molar-refractivity contribution in [1.29, 1.82) is 0 Å². The van der Waals surface area contributed by atoms with Gasteiger partial charge in [0, 0.05) is 34.2 Å². The number of benzene rings is 3. The molecule has 2 aromatic heterocycles. The van der Waals surface area contributed by atoms with Gasteiger partial charge in [0.15, 0.2) is 0 Å². The summed E-state index contributed by atoms with van der Waals surface area (Å²) in [6.07, 6.45) is 3.49. The minimum atomic E-state index is -0.643. The Morgan fingerprint density at radius 2 is 1.79 bits per heavy atom. The average molecular weight is 547 g/mol.